The Morgan fingerprint density at radius 3 is 2.38 bits per heavy atom. The molecule has 6 nitrogen and oxygen atoms in total. The van der Waals surface area contributed by atoms with Crippen molar-refractivity contribution in [1.82, 2.24) is 4.57 Å². The molecule has 3 aromatic rings. The Bertz CT molecular complexity index is 1080. The Balaban J connectivity index is 0.00000243. The summed E-state index contributed by atoms with van der Waals surface area (Å²) in [5, 5.41) is 0.968. The third kappa shape index (κ3) is 3.45. The molecule has 0 unspecified atom stereocenters. The van der Waals surface area contributed by atoms with Crippen molar-refractivity contribution in [2.45, 2.75) is 13.8 Å². The van der Waals surface area contributed by atoms with E-state index in [0.29, 0.717) is 16.5 Å². The van der Waals surface area contributed by atoms with Crippen molar-refractivity contribution in [3.8, 4) is 5.69 Å². The summed E-state index contributed by atoms with van der Waals surface area (Å²) in [5.41, 5.74) is 13.3. The highest BCUT2D eigenvalue weighted by molar-refractivity contribution is 6.10. The van der Waals surface area contributed by atoms with Gasteiger partial charge in [0.05, 0.1) is 11.3 Å². The van der Waals surface area contributed by atoms with E-state index in [4.69, 9.17) is 11.5 Å². The number of aromatic nitrogens is 1. The van der Waals surface area contributed by atoms with Gasteiger partial charge in [-0.1, -0.05) is 35.9 Å². The van der Waals surface area contributed by atoms with Gasteiger partial charge in [0.15, 0.2) is 5.96 Å². The summed E-state index contributed by atoms with van der Waals surface area (Å²) < 4.78 is 1.46. The molecule has 0 radical (unpaired) electrons. The zero-order chi connectivity index (χ0) is 18.1. The molecule has 0 spiro atoms. The molecule has 0 aliphatic rings. The molecule has 0 aliphatic heterocycles. The predicted molar refractivity (Wildman–Crippen MR) is 106 cm³/mol. The topological polar surface area (TPSA) is 103 Å². The average molecular weight is 371 g/mol. The Morgan fingerprint density at radius 1 is 1.04 bits per heavy atom. The van der Waals surface area contributed by atoms with Gasteiger partial charge >= 0.3 is 0 Å². The van der Waals surface area contributed by atoms with E-state index < -0.39 is 5.91 Å². The fraction of sp³-hybridized carbons (Fsp3) is 0.105. The standard InChI is InChI=1S/C19H18N4O2.ClH/c1-11-7-8-13-14(9-11)15(17(24)22-19(20)21)10-23(18(13)25)16-6-4-3-5-12(16)2;/h3-10H,1-2H3,(H4,20,21,22,24);1H. The van der Waals surface area contributed by atoms with Crippen LogP contribution in [0.5, 0.6) is 0 Å². The maximum atomic E-state index is 13.0. The number of nitrogens with zero attached hydrogens (tertiary/aromatic N) is 2. The molecule has 0 saturated carbocycles. The number of pyridine rings is 1. The highest BCUT2D eigenvalue weighted by atomic mass is 35.5. The number of carbonyl (C=O) groups is 1. The van der Waals surface area contributed by atoms with Gasteiger partial charge in [-0.3, -0.25) is 14.2 Å². The van der Waals surface area contributed by atoms with Gasteiger partial charge in [0, 0.05) is 17.0 Å². The first-order valence-corrected chi connectivity index (χ1v) is 7.74. The van der Waals surface area contributed by atoms with Gasteiger partial charge < -0.3 is 11.5 Å². The quantitative estimate of drug-likeness (QED) is 0.534. The second kappa shape index (κ2) is 7.41. The monoisotopic (exact) mass is 370 g/mol. The molecular weight excluding hydrogens is 352 g/mol. The average Bonchev–Trinajstić information content (AvgIpc) is 2.55. The Labute approximate surface area is 156 Å². The lowest BCUT2D eigenvalue weighted by Gasteiger charge is -2.13. The van der Waals surface area contributed by atoms with E-state index in [1.54, 1.807) is 12.1 Å². The minimum Gasteiger partial charge on any atom is -0.370 e. The van der Waals surface area contributed by atoms with E-state index in [1.165, 1.54) is 10.8 Å². The van der Waals surface area contributed by atoms with Crippen LogP contribution in [0.4, 0.5) is 0 Å². The zero-order valence-corrected chi connectivity index (χ0v) is 15.2. The highest BCUT2D eigenvalue weighted by Gasteiger charge is 2.16. The number of rotatable bonds is 2. The van der Waals surface area contributed by atoms with Crippen molar-refractivity contribution in [2.75, 3.05) is 0 Å². The number of aliphatic imine (C=N–C) groups is 1. The van der Waals surface area contributed by atoms with Gasteiger partial charge in [-0.2, -0.15) is 4.99 Å². The van der Waals surface area contributed by atoms with Crippen LogP contribution < -0.4 is 17.0 Å². The van der Waals surface area contributed by atoms with Crippen molar-refractivity contribution in [2.24, 2.45) is 16.5 Å². The Hall–Kier alpha value is -3.12. The summed E-state index contributed by atoms with van der Waals surface area (Å²) in [6.07, 6.45) is 1.50. The first-order chi connectivity index (χ1) is 11.9. The number of amides is 1. The van der Waals surface area contributed by atoms with Crippen LogP contribution in [-0.2, 0) is 0 Å². The third-order valence-corrected chi connectivity index (χ3v) is 4.01. The first-order valence-electron chi connectivity index (χ1n) is 7.74. The maximum Gasteiger partial charge on any atom is 0.282 e. The molecule has 0 saturated heterocycles. The number of hydrogen-bond acceptors (Lipinski definition) is 2. The van der Waals surface area contributed by atoms with Gasteiger partial charge in [0.1, 0.15) is 0 Å². The van der Waals surface area contributed by atoms with Crippen LogP contribution in [0, 0.1) is 13.8 Å². The normalized spacial score (nSPS) is 10.2. The second-order valence-electron chi connectivity index (χ2n) is 5.90. The number of halogens is 1. The zero-order valence-electron chi connectivity index (χ0n) is 14.4. The van der Waals surface area contributed by atoms with Gasteiger partial charge in [-0.05, 0) is 31.5 Å². The van der Waals surface area contributed by atoms with E-state index in [2.05, 4.69) is 4.99 Å². The summed E-state index contributed by atoms with van der Waals surface area (Å²) in [4.78, 5) is 29.1. The summed E-state index contributed by atoms with van der Waals surface area (Å²) in [7, 11) is 0. The predicted octanol–water partition coefficient (Wildman–Crippen LogP) is 2.44. The van der Waals surface area contributed by atoms with Crippen LogP contribution in [0.3, 0.4) is 0 Å². The van der Waals surface area contributed by atoms with Crippen LogP contribution in [0.1, 0.15) is 21.5 Å². The van der Waals surface area contributed by atoms with Crippen molar-refractivity contribution in [1.29, 1.82) is 0 Å². The van der Waals surface area contributed by atoms with E-state index in [1.807, 2.05) is 44.2 Å². The molecule has 4 N–H and O–H groups in total. The minimum absolute atomic E-state index is 0. The molecule has 1 amide bonds. The van der Waals surface area contributed by atoms with Crippen molar-refractivity contribution >= 4 is 35.0 Å². The van der Waals surface area contributed by atoms with E-state index in [9.17, 15) is 9.59 Å². The van der Waals surface area contributed by atoms with Crippen LogP contribution in [-0.4, -0.2) is 16.4 Å². The summed E-state index contributed by atoms with van der Waals surface area (Å²) in [5.74, 6) is -0.905. The van der Waals surface area contributed by atoms with E-state index in [-0.39, 0.29) is 29.5 Å². The van der Waals surface area contributed by atoms with Crippen molar-refractivity contribution in [3.05, 3.63) is 75.7 Å². The van der Waals surface area contributed by atoms with Gasteiger partial charge in [-0.15, -0.1) is 12.4 Å². The van der Waals surface area contributed by atoms with Crippen LogP contribution in [0.2, 0.25) is 0 Å². The van der Waals surface area contributed by atoms with E-state index >= 15 is 0 Å². The number of guanidine groups is 1. The lowest BCUT2D eigenvalue weighted by Crippen LogP contribution is -2.25. The molecule has 26 heavy (non-hydrogen) atoms. The number of para-hydroxylation sites is 1. The fourth-order valence-electron chi connectivity index (χ4n) is 2.82. The van der Waals surface area contributed by atoms with Crippen LogP contribution in [0.25, 0.3) is 16.5 Å². The van der Waals surface area contributed by atoms with Gasteiger partial charge in [-0.25, -0.2) is 0 Å². The third-order valence-electron chi connectivity index (χ3n) is 4.01. The highest BCUT2D eigenvalue weighted by Crippen LogP contribution is 2.21. The molecule has 0 bridgehead atoms. The summed E-state index contributed by atoms with van der Waals surface area (Å²) in [6, 6.07) is 12.8. The molecular formula is C19H19ClN4O2. The number of nitrogens with two attached hydrogens (primary N) is 2. The molecule has 7 heteroatoms. The second-order valence-corrected chi connectivity index (χ2v) is 5.90. The lowest BCUT2D eigenvalue weighted by molar-refractivity contribution is 0.100. The number of hydrogen-bond donors (Lipinski definition) is 2. The summed E-state index contributed by atoms with van der Waals surface area (Å²) >= 11 is 0. The number of benzene rings is 2. The molecule has 1 aromatic heterocycles. The Kier molecular flexibility index (Phi) is 5.47. The van der Waals surface area contributed by atoms with E-state index in [0.717, 1.165) is 11.1 Å². The molecule has 0 fully saturated rings. The minimum atomic E-state index is -0.585. The smallest absolute Gasteiger partial charge is 0.282 e. The molecule has 134 valence electrons. The molecule has 0 atom stereocenters. The fourth-order valence-corrected chi connectivity index (χ4v) is 2.82. The van der Waals surface area contributed by atoms with Crippen LogP contribution in [0.15, 0.2) is 58.4 Å². The molecule has 0 aliphatic carbocycles. The van der Waals surface area contributed by atoms with Gasteiger partial charge in [0.2, 0.25) is 0 Å². The largest absolute Gasteiger partial charge is 0.370 e. The van der Waals surface area contributed by atoms with Crippen molar-refractivity contribution < 1.29 is 4.79 Å². The molecule has 1 heterocycles. The summed E-state index contributed by atoms with van der Waals surface area (Å²) in [6.45, 7) is 3.79. The van der Waals surface area contributed by atoms with Crippen molar-refractivity contribution in [3.63, 3.8) is 0 Å². The maximum absolute atomic E-state index is 13.0. The Morgan fingerprint density at radius 2 is 1.73 bits per heavy atom. The lowest BCUT2D eigenvalue weighted by atomic mass is 10.0. The van der Waals surface area contributed by atoms with Crippen LogP contribution >= 0.6 is 12.4 Å². The molecule has 3 rings (SSSR count). The van der Waals surface area contributed by atoms with Gasteiger partial charge in [0.25, 0.3) is 11.5 Å². The number of aryl methyl sites for hydroxylation is 2. The molecule has 2 aromatic carbocycles. The number of fused-ring (bicyclic) bond motifs is 1. The number of carbonyl (C=O) groups excluding carboxylic acids is 1. The SMILES string of the molecule is Cc1ccc2c(=O)n(-c3ccccc3C)cc(C(=O)N=C(N)N)c2c1.Cl. The first kappa shape index (κ1) is 19.2.